The zero-order chi connectivity index (χ0) is 8.97. The lowest BCUT2D eigenvalue weighted by Gasteiger charge is -2.13. The summed E-state index contributed by atoms with van der Waals surface area (Å²) in [5.41, 5.74) is 1.20. The van der Waals surface area contributed by atoms with E-state index in [1.807, 2.05) is 24.0 Å². The molecule has 1 atom stereocenters. The summed E-state index contributed by atoms with van der Waals surface area (Å²) in [6, 6.07) is 0.378. The summed E-state index contributed by atoms with van der Waals surface area (Å²) in [5, 5.41) is 4.24. The molecule has 1 heterocycles. The molecule has 12 heavy (non-hydrogen) atoms. The van der Waals surface area contributed by atoms with Gasteiger partial charge in [0, 0.05) is 13.3 Å². The van der Waals surface area contributed by atoms with Crippen molar-refractivity contribution in [3.63, 3.8) is 0 Å². The summed E-state index contributed by atoms with van der Waals surface area (Å²) >= 11 is 0. The summed E-state index contributed by atoms with van der Waals surface area (Å²) < 4.78 is 7.07. The molecule has 0 aliphatic rings. The van der Waals surface area contributed by atoms with E-state index in [-0.39, 0.29) is 0 Å². The highest BCUT2D eigenvalue weighted by Gasteiger charge is 2.07. The van der Waals surface area contributed by atoms with E-state index in [1.165, 1.54) is 5.56 Å². The van der Waals surface area contributed by atoms with Crippen molar-refractivity contribution < 1.29 is 4.74 Å². The number of hydrogen-bond donors (Lipinski definition) is 0. The van der Waals surface area contributed by atoms with Crippen molar-refractivity contribution in [3.8, 4) is 0 Å². The van der Waals surface area contributed by atoms with Gasteiger partial charge in [-0.3, -0.25) is 4.68 Å². The predicted octanol–water partition coefficient (Wildman–Crippen LogP) is 1.79. The van der Waals surface area contributed by atoms with Crippen LogP contribution in [0, 0.1) is 6.92 Å². The van der Waals surface area contributed by atoms with E-state index in [1.54, 1.807) is 7.11 Å². The smallest absolute Gasteiger partial charge is 0.0749 e. The second kappa shape index (κ2) is 4.26. The van der Waals surface area contributed by atoms with Gasteiger partial charge in [-0.25, -0.2) is 0 Å². The Balaban J connectivity index is 2.66. The van der Waals surface area contributed by atoms with E-state index >= 15 is 0 Å². The molecule has 1 aromatic rings. The molecule has 0 radical (unpaired) electrons. The Bertz CT molecular complexity index is 232. The maximum atomic E-state index is 5.10. The number of rotatable bonds is 4. The molecule has 0 spiro atoms. The average Bonchev–Trinajstić information content (AvgIpc) is 2.47. The minimum atomic E-state index is 0.378. The molecule has 3 nitrogen and oxygen atoms in total. The average molecular weight is 168 g/mol. The lowest BCUT2D eigenvalue weighted by molar-refractivity contribution is 0.147. The molecular formula is C9H16N2O. The van der Waals surface area contributed by atoms with Crippen LogP contribution in [0.1, 0.15) is 24.9 Å². The van der Waals surface area contributed by atoms with Gasteiger partial charge in [-0.05, 0) is 18.9 Å². The minimum Gasteiger partial charge on any atom is -0.382 e. The first-order chi connectivity index (χ1) is 5.77. The first-order valence-corrected chi connectivity index (χ1v) is 4.27. The molecular weight excluding hydrogens is 152 g/mol. The van der Waals surface area contributed by atoms with Crippen molar-refractivity contribution in [2.24, 2.45) is 0 Å². The zero-order valence-corrected chi connectivity index (χ0v) is 7.95. The Kier molecular flexibility index (Phi) is 3.29. The number of ether oxygens (including phenoxy) is 1. The van der Waals surface area contributed by atoms with Gasteiger partial charge in [-0.1, -0.05) is 6.92 Å². The van der Waals surface area contributed by atoms with E-state index in [0.717, 1.165) is 13.0 Å². The van der Waals surface area contributed by atoms with Gasteiger partial charge in [0.25, 0.3) is 0 Å². The largest absolute Gasteiger partial charge is 0.382 e. The molecule has 0 bridgehead atoms. The maximum absolute atomic E-state index is 5.10. The van der Waals surface area contributed by atoms with Crippen LogP contribution < -0.4 is 0 Å². The van der Waals surface area contributed by atoms with Crippen molar-refractivity contribution in [2.45, 2.75) is 26.3 Å². The van der Waals surface area contributed by atoms with Crippen LogP contribution in [0.5, 0.6) is 0 Å². The fourth-order valence-electron chi connectivity index (χ4n) is 1.21. The lowest BCUT2D eigenvalue weighted by Crippen LogP contribution is -2.14. The number of aryl methyl sites for hydroxylation is 1. The lowest BCUT2D eigenvalue weighted by atomic mass is 10.2. The summed E-state index contributed by atoms with van der Waals surface area (Å²) in [6.07, 6.45) is 4.97. The highest BCUT2D eigenvalue weighted by molar-refractivity contribution is 5.00. The third-order valence-corrected chi connectivity index (χ3v) is 1.94. The van der Waals surface area contributed by atoms with E-state index in [2.05, 4.69) is 12.0 Å². The molecule has 1 aromatic heterocycles. The molecule has 0 aliphatic heterocycles. The van der Waals surface area contributed by atoms with Crippen LogP contribution in [-0.2, 0) is 4.74 Å². The quantitative estimate of drug-likeness (QED) is 0.685. The third-order valence-electron chi connectivity index (χ3n) is 1.94. The number of nitrogens with zero attached hydrogens (tertiary/aromatic N) is 2. The highest BCUT2D eigenvalue weighted by atomic mass is 16.5. The van der Waals surface area contributed by atoms with Crippen LogP contribution in [-0.4, -0.2) is 23.5 Å². The fraction of sp³-hybridized carbons (Fsp3) is 0.667. The Labute approximate surface area is 73.3 Å². The van der Waals surface area contributed by atoms with E-state index in [4.69, 9.17) is 4.74 Å². The summed E-state index contributed by atoms with van der Waals surface area (Å²) in [4.78, 5) is 0. The number of aromatic nitrogens is 2. The van der Waals surface area contributed by atoms with E-state index < -0.39 is 0 Å². The molecule has 1 unspecified atom stereocenters. The van der Waals surface area contributed by atoms with Gasteiger partial charge < -0.3 is 4.74 Å². The Morgan fingerprint density at radius 1 is 1.67 bits per heavy atom. The van der Waals surface area contributed by atoms with Gasteiger partial charge in [0.15, 0.2) is 0 Å². The molecule has 0 aromatic carbocycles. The Morgan fingerprint density at radius 2 is 2.42 bits per heavy atom. The van der Waals surface area contributed by atoms with Gasteiger partial charge in [0.2, 0.25) is 0 Å². The van der Waals surface area contributed by atoms with Crippen LogP contribution in [0.15, 0.2) is 12.4 Å². The standard InChI is InChI=1S/C9H16N2O/c1-4-9(7-12-3)11-6-8(2)5-10-11/h5-6,9H,4,7H2,1-3H3. The highest BCUT2D eigenvalue weighted by Crippen LogP contribution is 2.10. The molecule has 0 N–H and O–H groups in total. The summed E-state index contributed by atoms with van der Waals surface area (Å²) in [5.74, 6) is 0. The molecule has 68 valence electrons. The van der Waals surface area contributed by atoms with Gasteiger partial charge in [0.1, 0.15) is 0 Å². The fourth-order valence-corrected chi connectivity index (χ4v) is 1.21. The van der Waals surface area contributed by atoms with Gasteiger partial charge >= 0.3 is 0 Å². The van der Waals surface area contributed by atoms with Crippen LogP contribution in [0.25, 0.3) is 0 Å². The van der Waals surface area contributed by atoms with Gasteiger partial charge in [0.05, 0.1) is 18.8 Å². The molecule has 0 saturated carbocycles. The second-order valence-corrected chi connectivity index (χ2v) is 3.02. The maximum Gasteiger partial charge on any atom is 0.0749 e. The van der Waals surface area contributed by atoms with Gasteiger partial charge in [-0.15, -0.1) is 0 Å². The topological polar surface area (TPSA) is 27.1 Å². The summed E-state index contributed by atoms with van der Waals surface area (Å²) in [7, 11) is 1.72. The van der Waals surface area contributed by atoms with Crippen LogP contribution in [0.2, 0.25) is 0 Å². The molecule has 0 aliphatic carbocycles. The Hall–Kier alpha value is -0.830. The molecule has 1 rings (SSSR count). The number of hydrogen-bond acceptors (Lipinski definition) is 2. The van der Waals surface area contributed by atoms with E-state index in [0.29, 0.717) is 6.04 Å². The van der Waals surface area contributed by atoms with Crippen molar-refractivity contribution >= 4 is 0 Å². The summed E-state index contributed by atoms with van der Waals surface area (Å²) in [6.45, 7) is 4.92. The van der Waals surface area contributed by atoms with Gasteiger partial charge in [-0.2, -0.15) is 5.10 Å². The Morgan fingerprint density at radius 3 is 2.83 bits per heavy atom. The zero-order valence-electron chi connectivity index (χ0n) is 7.95. The van der Waals surface area contributed by atoms with Crippen LogP contribution in [0.3, 0.4) is 0 Å². The molecule has 0 amide bonds. The first-order valence-electron chi connectivity index (χ1n) is 4.27. The predicted molar refractivity (Wildman–Crippen MR) is 48.2 cm³/mol. The van der Waals surface area contributed by atoms with Crippen molar-refractivity contribution in [1.82, 2.24) is 9.78 Å². The van der Waals surface area contributed by atoms with Crippen molar-refractivity contribution in [3.05, 3.63) is 18.0 Å². The first kappa shape index (κ1) is 9.26. The molecule has 0 fully saturated rings. The molecule has 3 heteroatoms. The second-order valence-electron chi connectivity index (χ2n) is 3.02. The van der Waals surface area contributed by atoms with E-state index in [9.17, 15) is 0 Å². The normalized spacial score (nSPS) is 13.2. The molecule has 0 saturated heterocycles. The monoisotopic (exact) mass is 168 g/mol. The minimum absolute atomic E-state index is 0.378. The van der Waals surface area contributed by atoms with Crippen LogP contribution >= 0.6 is 0 Å². The number of methoxy groups -OCH3 is 1. The SMILES string of the molecule is CCC(COC)n1cc(C)cn1. The van der Waals surface area contributed by atoms with Crippen molar-refractivity contribution in [2.75, 3.05) is 13.7 Å². The van der Waals surface area contributed by atoms with Crippen molar-refractivity contribution in [1.29, 1.82) is 0 Å². The van der Waals surface area contributed by atoms with Crippen LogP contribution in [0.4, 0.5) is 0 Å². The third kappa shape index (κ3) is 2.08.